The van der Waals surface area contributed by atoms with Crippen LogP contribution in [0.3, 0.4) is 0 Å². The van der Waals surface area contributed by atoms with E-state index in [1.54, 1.807) is 30.0 Å². The Morgan fingerprint density at radius 1 is 1.38 bits per heavy atom. The van der Waals surface area contributed by atoms with Gasteiger partial charge in [-0.2, -0.15) is 5.10 Å². The van der Waals surface area contributed by atoms with Crippen molar-refractivity contribution in [3.05, 3.63) is 62.1 Å². The van der Waals surface area contributed by atoms with Crippen LogP contribution in [0.25, 0.3) is 5.69 Å². The predicted molar refractivity (Wildman–Crippen MR) is 111 cm³/mol. The van der Waals surface area contributed by atoms with Crippen LogP contribution in [-0.2, 0) is 0 Å². The van der Waals surface area contributed by atoms with Crippen LogP contribution in [0.15, 0.2) is 35.1 Å². The van der Waals surface area contributed by atoms with Crippen LogP contribution in [0.1, 0.15) is 29.0 Å². The molecule has 0 spiro atoms. The molecule has 1 aromatic carbocycles. The molecule has 0 aliphatic carbocycles. The average Bonchev–Trinajstić information content (AvgIpc) is 2.68. The van der Waals surface area contributed by atoms with Crippen LogP contribution in [0.5, 0.6) is 0 Å². The van der Waals surface area contributed by atoms with E-state index in [4.69, 9.17) is 0 Å². The fourth-order valence-corrected chi connectivity index (χ4v) is 3.59. The molecular formula is C19H24ClN5O4. The number of nitro groups is 1. The van der Waals surface area contributed by atoms with Crippen LogP contribution >= 0.6 is 12.4 Å². The second-order valence-corrected chi connectivity index (χ2v) is 6.97. The van der Waals surface area contributed by atoms with Gasteiger partial charge in [-0.15, -0.1) is 12.4 Å². The third kappa shape index (κ3) is 4.80. The predicted octanol–water partition coefficient (Wildman–Crippen LogP) is 1.94. The summed E-state index contributed by atoms with van der Waals surface area (Å²) in [5.74, 6) is -0.108. The second-order valence-electron chi connectivity index (χ2n) is 6.97. The Kier molecular flexibility index (Phi) is 7.46. The molecule has 2 aromatic rings. The van der Waals surface area contributed by atoms with Crippen LogP contribution in [0.2, 0.25) is 0 Å². The molecule has 1 aliphatic rings. The van der Waals surface area contributed by atoms with Crippen molar-refractivity contribution in [1.82, 2.24) is 20.0 Å². The lowest BCUT2D eigenvalue weighted by Gasteiger charge is -2.32. The lowest BCUT2D eigenvalue weighted by Crippen LogP contribution is -2.44. The summed E-state index contributed by atoms with van der Waals surface area (Å²) in [7, 11) is 1.87. The van der Waals surface area contributed by atoms with E-state index in [0.29, 0.717) is 24.7 Å². The van der Waals surface area contributed by atoms with Gasteiger partial charge in [0.2, 0.25) is 5.43 Å². The van der Waals surface area contributed by atoms with Gasteiger partial charge in [-0.25, -0.2) is 4.68 Å². The highest BCUT2D eigenvalue weighted by atomic mass is 35.5. The fourth-order valence-electron chi connectivity index (χ4n) is 3.59. The highest BCUT2D eigenvalue weighted by Gasteiger charge is 2.27. The smallest absolute Gasteiger partial charge is 0.294 e. The van der Waals surface area contributed by atoms with Gasteiger partial charge in [-0.1, -0.05) is 12.1 Å². The lowest BCUT2D eigenvalue weighted by atomic mass is 9.98. The lowest BCUT2D eigenvalue weighted by molar-refractivity contribution is -0.384. The van der Waals surface area contributed by atoms with Gasteiger partial charge < -0.3 is 10.2 Å². The fraction of sp³-hybridized carbons (Fsp3) is 0.421. The van der Waals surface area contributed by atoms with Gasteiger partial charge in [0.25, 0.3) is 11.6 Å². The van der Waals surface area contributed by atoms with E-state index < -0.39 is 16.3 Å². The van der Waals surface area contributed by atoms with Crippen molar-refractivity contribution < 1.29 is 9.72 Å². The number of aromatic nitrogens is 2. The quantitative estimate of drug-likeness (QED) is 0.583. The molecule has 1 unspecified atom stereocenters. The molecule has 1 fully saturated rings. The zero-order valence-electron chi connectivity index (χ0n) is 16.3. The monoisotopic (exact) mass is 421 g/mol. The third-order valence-electron chi connectivity index (χ3n) is 4.92. The van der Waals surface area contributed by atoms with Gasteiger partial charge in [0, 0.05) is 30.9 Å². The number of nitrogens with zero attached hydrogens (tertiary/aromatic N) is 4. The van der Waals surface area contributed by atoms with Crippen molar-refractivity contribution >= 4 is 24.0 Å². The van der Waals surface area contributed by atoms with E-state index >= 15 is 0 Å². The number of rotatable bonds is 5. The first kappa shape index (κ1) is 22.5. The van der Waals surface area contributed by atoms with E-state index in [2.05, 4.69) is 10.4 Å². The van der Waals surface area contributed by atoms with E-state index in [9.17, 15) is 19.7 Å². The van der Waals surface area contributed by atoms with Crippen LogP contribution in [0.4, 0.5) is 5.69 Å². The Balaban J connectivity index is 0.00000300. The maximum atomic E-state index is 13.0. The molecule has 1 aromatic heterocycles. The molecule has 2 heterocycles. The molecule has 1 aliphatic heterocycles. The summed E-state index contributed by atoms with van der Waals surface area (Å²) in [6.07, 6.45) is 1.88. The minimum absolute atomic E-state index is 0. The topological polar surface area (TPSA) is 110 Å². The molecule has 0 saturated carbocycles. The summed E-state index contributed by atoms with van der Waals surface area (Å²) < 4.78 is 1.29. The van der Waals surface area contributed by atoms with Crippen molar-refractivity contribution in [2.45, 2.75) is 19.8 Å². The third-order valence-corrected chi connectivity index (χ3v) is 4.92. The average molecular weight is 422 g/mol. The van der Waals surface area contributed by atoms with Gasteiger partial charge in [0.05, 0.1) is 4.92 Å². The highest BCUT2D eigenvalue weighted by molar-refractivity contribution is 5.92. The van der Waals surface area contributed by atoms with Gasteiger partial charge in [-0.3, -0.25) is 19.7 Å². The number of hydrogen-bond acceptors (Lipinski definition) is 6. The van der Waals surface area contributed by atoms with Crippen LogP contribution in [0, 0.1) is 23.0 Å². The molecule has 0 bridgehead atoms. The highest BCUT2D eigenvalue weighted by Crippen LogP contribution is 2.23. The molecule has 1 N–H and O–H groups in total. The number of carbonyl (C=O) groups is 1. The number of hydrogen-bond donors (Lipinski definition) is 1. The van der Waals surface area contributed by atoms with Crippen molar-refractivity contribution in [2.24, 2.45) is 5.92 Å². The normalized spacial score (nSPS) is 16.2. The SMILES string of the molecule is CNCC1CCCN(C(=O)c2nn(-c3ccccc3[N+](=O)[O-])c(C)cc2=O)C1.Cl. The first-order valence-electron chi connectivity index (χ1n) is 9.21. The van der Waals surface area contributed by atoms with E-state index in [-0.39, 0.29) is 29.5 Å². The number of aryl methyl sites for hydroxylation is 1. The Morgan fingerprint density at radius 3 is 2.79 bits per heavy atom. The van der Waals surface area contributed by atoms with Gasteiger partial charge in [0.15, 0.2) is 5.69 Å². The van der Waals surface area contributed by atoms with E-state index in [0.717, 1.165) is 19.4 Å². The zero-order valence-corrected chi connectivity index (χ0v) is 17.1. The van der Waals surface area contributed by atoms with Crippen molar-refractivity contribution in [1.29, 1.82) is 0 Å². The van der Waals surface area contributed by atoms with Gasteiger partial charge in [-0.05, 0) is 45.3 Å². The number of amides is 1. The molecule has 1 saturated heterocycles. The number of para-hydroxylation sites is 2. The summed E-state index contributed by atoms with van der Waals surface area (Å²) in [6, 6.07) is 7.41. The summed E-state index contributed by atoms with van der Waals surface area (Å²) in [5.41, 5.74) is -0.206. The molecule has 1 amide bonds. The number of piperidine rings is 1. The maximum absolute atomic E-state index is 13.0. The van der Waals surface area contributed by atoms with E-state index in [1.165, 1.54) is 16.8 Å². The first-order valence-corrected chi connectivity index (χ1v) is 9.21. The largest absolute Gasteiger partial charge is 0.337 e. The van der Waals surface area contributed by atoms with Crippen molar-refractivity contribution in [3.8, 4) is 5.69 Å². The molecule has 156 valence electrons. The van der Waals surface area contributed by atoms with Gasteiger partial charge in [0.1, 0.15) is 5.69 Å². The van der Waals surface area contributed by atoms with Gasteiger partial charge >= 0.3 is 0 Å². The zero-order chi connectivity index (χ0) is 20.3. The standard InChI is InChI=1S/C19H23N5O4.ClH/c1-13-10-17(25)18(19(26)22-9-5-6-14(12-22)11-20-2)21-23(13)15-7-3-4-8-16(15)24(27)28;/h3-4,7-8,10,14,20H,5-6,9,11-12H2,1-2H3;1H. The molecular weight excluding hydrogens is 398 g/mol. The number of benzene rings is 1. The number of nitro benzene ring substituents is 1. The number of halogens is 1. The molecule has 0 radical (unpaired) electrons. The van der Waals surface area contributed by atoms with Crippen LogP contribution in [-0.4, -0.2) is 52.2 Å². The number of nitrogens with one attached hydrogen (secondary N) is 1. The minimum Gasteiger partial charge on any atom is -0.337 e. The van der Waals surface area contributed by atoms with E-state index in [1.807, 2.05) is 7.05 Å². The Morgan fingerprint density at radius 2 is 2.10 bits per heavy atom. The van der Waals surface area contributed by atoms with Crippen molar-refractivity contribution in [3.63, 3.8) is 0 Å². The summed E-state index contributed by atoms with van der Waals surface area (Å²) in [5, 5.41) is 18.7. The number of carbonyl (C=O) groups excluding carboxylic acids is 1. The second kappa shape index (κ2) is 9.62. The minimum atomic E-state index is -0.511. The number of likely N-dealkylation sites (tertiary alicyclic amines) is 1. The maximum Gasteiger partial charge on any atom is 0.294 e. The molecule has 9 nitrogen and oxygen atoms in total. The Bertz CT molecular complexity index is 960. The summed E-state index contributed by atoms with van der Waals surface area (Å²) in [6.45, 7) is 3.55. The summed E-state index contributed by atoms with van der Waals surface area (Å²) in [4.78, 5) is 37.9. The van der Waals surface area contributed by atoms with Crippen LogP contribution < -0.4 is 10.7 Å². The Labute approximate surface area is 174 Å². The first-order chi connectivity index (χ1) is 13.4. The van der Waals surface area contributed by atoms with Crippen molar-refractivity contribution in [2.75, 3.05) is 26.7 Å². The molecule has 1 atom stereocenters. The molecule has 3 rings (SSSR count). The molecule has 10 heteroatoms. The summed E-state index contributed by atoms with van der Waals surface area (Å²) >= 11 is 0. The molecule has 29 heavy (non-hydrogen) atoms. The Hall–Kier alpha value is -2.78.